The molecule has 4 nitrogen and oxygen atoms in total. The van der Waals surface area contributed by atoms with Gasteiger partial charge in [0.25, 0.3) is 0 Å². The molecular formula is C15H23N3O. The summed E-state index contributed by atoms with van der Waals surface area (Å²) in [5, 5.41) is 3.64. The van der Waals surface area contributed by atoms with Crippen LogP contribution in [0, 0.1) is 5.92 Å². The molecule has 0 amide bonds. The molecule has 2 aliphatic rings. The molecule has 1 unspecified atom stereocenters. The number of nitrogens with one attached hydrogen (secondary N) is 1. The Morgan fingerprint density at radius 3 is 2.95 bits per heavy atom. The Bertz CT molecular complexity index is 402. The predicted octanol–water partition coefficient (Wildman–Crippen LogP) is 1.66. The fourth-order valence-corrected chi connectivity index (χ4v) is 2.73. The number of likely N-dealkylation sites (tertiary alicyclic amines) is 1. The van der Waals surface area contributed by atoms with Crippen LogP contribution in [0.1, 0.15) is 24.8 Å². The number of methoxy groups -OCH3 is 1. The number of aromatic nitrogens is 1. The third-order valence-electron chi connectivity index (χ3n) is 4.06. The normalized spacial score (nSPS) is 23.7. The lowest BCUT2D eigenvalue weighted by atomic mass is 10.1. The first kappa shape index (κ1) is 12.9. The Morgan fingerprint density at radius 1 is 1.37 bits per heavy atom. The maximum atomic E-state index is 5.08. The summed E-state index contributed by atoms with van der Waals surface area (Å²) in [6.07, 6.45) is 6.01. The van der Waals surface area contributed by atoms with Crippen molar-refractivity contribution in [2.45, 2.75) is 31.8 Å². The predicted molar refractivity (Wildman–Crippen MR) is 75.2 cm³/mol. The lowest BCUT2D eigenvalue weighted by Gasteiger charge is -2.16. The first-order valence-corrected chi connectivity index (χ1v) is 7.28. The standard InChI is InChI=1S/C15H23N3O/c1-19-15-5-2-12(9-17-15)10-18-7-6-13(11-18)8-16-14-3-4-14/h2,5,9,13-14,16H,3-4,6-8,10-11H2,1H3. The van der Waals surface area contributed by atoms with Gasteiger partial charge in [0.05, 0.1) is 7.11 Å². The van der Waals surface area contributed by atoms with E-state index < -0.39 is 0 Å². The zero-order valence-electron chi connectivity index (χ0n) is 11.6. The van der Waals surface area contributed by atoms with E-state index in [2.05, 4.69) is 21.3 Å². The Balaban J connectivity index is 1.44. The highest BCUT2D eigenvalue weighted by atomic mass is 16.5. The molecule has 0 radical (unpaired) electrons. The summed E-state index contributed by atoms with van der Waals surface area (Å²) in [6.45, 7) is 4.63. The van der Waals surface area contributed by atoms with E-state index >= 15 is 0 Å². The van der Waals surface area contributed by atoms with E-state index in [-0.39, 0.29) is 0 Å². The van der Waals surface area contributed by atoms with Gasteiger partial charge in [0.15, 0.2) is 0 Å². The third kappa shape index (κ3) is 3.67. The van der Waals surface area contributed by atoms with Crippen LogP contribution in [0.5, 0.6) is 5.88 Å². The molecule has 1 aliphatic heterocycles. The molecule has 1 aromatic rings. The highest BCUT2D eigenvalue weighted by molar-refractivity contribution is 5.17. The second-order valence-corrected chi connectivity index (χ2v) is 5.78. The van der Waals surface area contributed by atoms with Crippen LogP contribution in [0.25, 0.3) is 0 Å². The van der Waals surface area contributed by atoms with Crippen molar-refractivity contribution in [2.24, 2.45) is 5.92 Å². The van der Waals surface area contributed by atoms with Crippen LogP contribution in [-0.4, -0.2) is 42.7 Å². The molecule has 0 bridgehead atoms. The molecule has 4 heteroatoms. The molecule has 104 valence electrons. The lowest BCUT2D eigenvalue weighted by Crippen LogP contribution is -2.27. The van der Waals surface area contributed by atoms with Crippen molar-refractivity contribution in [3.8, 4) is 5.88 Å². The van der Waals surface area contributed by atoms with E-state index in [0.29, 0.717) is 5.88 Å². The van der Waals surface area contributed by atoms with Gasteiger partial charge in [0.2, 0.25) is 5.88 Å². The van der Waals surface area contributed by atoms with Crippen molar-refractivity contribution in [1.82, 2.24) is 15.2 Å². The maximum absolute atomic E-state index is 5.08. The largest absolute Gasteiger partial charge is 0.481 e. The minimum Gasteiger partial charge on any atom is -0.481 e. The third-order valence-corrected chi connectivity index (χ3v) is 4.06. The molecule has 1 aromatic heterocycles. The van der Waals surface area contributed by atoms with Gasteiger partial charge in [-0.15, -0.1) is 0 Å². The van der Waals surface area contributed by atoms with Crippen molar-refractivity contribution in [1.29, 1.82) is 0 Å². The maximum Gasteiger partial charge on any atom is 0.212 e. The van der Waals surface area contributed by atoms with Crippen LogP contribution >= 0.6 is 0 Å². The topological polar surface area (TPSA) is 37.4 Å². The van der Waals surface area contributed by atoms with Crippen molar-refractivity contribution in [3.05, 3.63) is 23.9 Å². The van der Waals surface area contributed by atoms with Crippen LogP contribution in [0.2, 0.25) is 0 Å². The van der Waals surface area contributed by atoms with Crippen molar-refractivity contribution < 1.29 is 4.74 Å². The average molecular weight is 261 g/mol. The lowest BCUT2D eigenvalue weighted by molar-refractivity contribution is 0.313. The Morgan fingerprint density at radius 2 is 2.26 bits per heavy atom. The molecule has 2 fully saturated rings. The summed E-state index contributed by atoms with van der Waals surface area (Å²) in [6, 6.07) is 4.89. The van der Waals surface area contributed by atoms with E-state index in [0.717, 1.165) is 18.5 Å². The number of rotatable bonds is 6. The van der Waals surface area contributed by atoms with Crippen LogP contribution < -0.4 is 10.1 Å². The highest BCUT2D eigenvalue weighted by Crippen LogP contribution is 2.22. The highest BCUT2D eigenvalue weighted by Gasteiger charge is 2.26. The molecule has 19 heavy (non-hydrogen) atoms. The van der Waals surface area contributed by atoms with Gasteiger partial charge in [-0.2, -0.15) is 0 Å². The first-order chi connectivity index (χ1) is 9.33. The monoisotopic (exact) mass is 261 g/mol. The van der Waals surface area contributed by atoms with Crippen LogP contribution in [0.4, 0.5) is 0 Å². The van der Waals surface area contributed by atoms with Gasteiger partial charge in [0, 0.05) is 31.4 Å². The van der Waals surface area contributed by atoms with E-state index in [9.17, 15) is 0 Å². The summed E-state index contributed by atoms with van der Waals surface area (Å²) in [4.78, 5) is 6.80. The second-order valence-electron chi connectivity index (χ2n) is 5.78. The fraction of sp³-hybridized carbons (Fsp3) is 0.667. The summed E-state index contributed by atoms with van der Waals surface area (Å²) < 4.78 is 5.08. The molecule has 1 N–H and O–H groups in total. The van der Waals surface area contributed by atoms with Gasteiger partial charge in [-0.3, -0.25) is 4.90 Å². The van der Waals surface area contributed by atoms with Gasteiger partial charge < -0.3 is 10.1 Å². The molecule has 2 heterocycles. The summed E-state index contributed by atoms with van der Waals surface area (Å²) >= 11 is 0. The fourth-order valence-electron chi connectivity index (χ4n) is 2.73. The number of ether oxygens (including phenoxy) is 1. The summed E-state index contributed by atoms with van der Waals surface area (Å²) in [7, 11) is 1.65. The number of nitrogens with zero attached hydrogens (tertiary/aromatic N) is 2. The van der Waals surface area contributed by atoms with Gasteiger partial charge in [-0.1, -0.05) is 6.07 Å². The van der Waals surface area contributed by atoms with Crippen molar-refractivity contribution >= 4 is 0 Å². The second kappa shape index (κ2) is 5.88. The zero-order chi connectivity index (χ0) is 13.1. The molecule has 1 aliphatic carbocycles. The zero-order valence-corrected chi connectivity index (χ0v) is 11.6. The molecule has 0 aromatic carbocycles. The van der Waals surface area contributed by atoms with Crippen LogP contribution in [0.15, 0.2) is 18.3 Å². The summed E-state index contributed by atoms with van der Waals surface area (Å²) in [5.74, 6) is 1.52. The van der Waals surface area contributed by atoms with Gasteiger partial charge >= 0.3 is 0 Å². The van der Waals surface area contributed by atoms with Crippen molar-refractivity contribution in [3.63, 3.8) is 0 Å². The smallest absolute Gasteiger partial charge is 0.212 e. The average Bonchev–Trinajstić information content (AvgIpc) is 3.17. The quantitative estimate of drug-likeness (QED) is 0.845. The minimum absolute atomic E-state index is 0.691. The summed E-state index contributed by atoms with van der Waals surface area (Å²) in [5.41, 5.74) is 1.27. The Hall–Kier alpha value is -1.13. The van der Waals surface area contributed by atoms with E-state index in [1.54, 1.807) is 7.11 Å². The number of hydrogen-bond acceptors (Lipinski definition) is 4. The molecular weight excluding hydrogens is 238 g/mol. The SMILES string of the molecule is COc1ccc(CN2CCC(CNC3CC3)C2)cn1. The number of pyridine rings is 1. The van der Waals surface area contributed by atoms with Crippen molar-refractivity contribution in [2.75, 3.05) is 26.7 Å². The van der Waals surface area contributed by atoms with Crippen LogP contribution in [0.3, 0.4) is 0 Å². The van der Waals surface area contributed by atoms with E-state index in [4.69, 9.17) is 4.74 Å². The number of hydrogen-bond donors (Lipinski definition) is 1. The molecule has 3 rings (SSSR count). The molecule has 1 atom stereocenters. The minimum atomic E-state index is 0.691. The Labute approximate surface area is 115 Å². The molecule has 1 saturated heterocycles. The van der Waals surface area contributed by atoms with Crippen LogP contribution in [-0.2, 0) is 6.54 Å². The molecule has 1 saturated carbocycles. The first-order valence-electron chi connectivity index (χ1n) is 7.28. The Kier molecular flexibility index (Phi) is 3.99. The van der Waals surface area contributed by atoms with E-state index in [1.165, 1.54) is 44.5 Å². The molecule has 0 spiro atoms. The van der Waals surface area contributed by atoms with Gasteiger partial charge in [-0.25, -0.2) is 4.98 Å². The van der Waals surface area contributed by atoms with Gasteiger partial charge in [0.1, 0.15) is 0 Å². The van der Waals surface area contributed by atoms with E-state index in [1.807, 2.05) is 12.3 Å². The van der Waals surface area contributed by atoms with Gasteiger partial charge in [-0.05, 0) is 43.8 Å².